The summed E-state index contributed by atoms with van der Waals surface area (Å²) in [6.07, 6.45) is 8.72. The fraction of sp³-hybridized carbons (Fsp3) is 1.00. The van der Waals surface area contributed by atoms with Crippen molar-refractivity contribution in [1.29, 1.82) is 0 Å². The van der Waals surface area contributed by atoms with Crippen LogP contribution in [0.4, 0.5) is 0 Å². The second kappa shape index (κ2) is 4.30. The van der Waals surface area contributed by atoms with Gasteiger partial charge in [-0.15, -0.1) is 0 Å². The third kappa shape index (κ3) is 2.02. The topological polar surface area (TPSA) is 24.1 Å². The quantitative estimate of drug-likeness (QED) is 0.745. The predicted molar refractivity (Wildman–Crippen MR) is 67.4 cm³/mol. The molecule has 1 heterocycles. The predicted octanol–water partition coefficient (Wildman–Crippen LogP) is 2.15. The van der Waals surface area contributed by atoms with E-state index >= 15 is 0 Å². The van der Waals surface area contributed by atoms with E-state index in [9.17, 15) is 0 Å². The van der Waals surface area contributed by atoms with Crippen LogP contribution in [0.1, 0.15) is 45.4 Å². The normalized spacial score (nSPS) is 39.9. The molecule has 2 N–H and O–H groups in total. The van der Waals surface area contributed by atoms with Gasteiger partial charge in [-0.05, 0) is 55.9 Å². The van der Waals surface area contributed by atoms with E-state index in [1.165, 1.54) is 58.2 Å². The molecule has 3 aliphatic rings. The van der Waals surface area contributed by atoms with E-state index in [0.29, 0.717) is 5.41 Å². The zero-order valence-corrected chi connectivity index (χ0v) is 10.6. The summed E-state index contributed by atoms with van der Waals surface area (Å²) in [4.78, 5) is 0. The molecule has 0 aromatic carbocycles. The van der Waals surface area contributed by atoms with E-state index < -0.39 is 0 Å². The summed E-state index contributed by atoms with van der Waals surface area (Å²) in [5.41, 5.74) is 0.702. The molecule has 0 aromatic rings. The molecule has 1 saturated heterocycles. The van der Waals surface area contributed by atoms with Gasteiger partial charge in [-0.3, -0.25) is 0 Å². The SMILES string of the molecule is CCC1(CNCC2NCC3CCCC32)CC1. The maximum absolute atomic E-state index is 3.73. The third-order valence-corrected chi connectivity index (χ3v) is 5.45. The first kappa shape index (κ1) is 11.0. The van der Waals surface area contributed by atoms with Crippen LogP contribution in [0.3, 0.4) is 0 Å². The first-order valence-corrected chi connectivity index (χ1v) is 7.27. The van der Waals surface area contributed by atoms with Crippen LogP contribution in [0.2, 0.25) is 0 Å². The van der Waals surface area contributed by atoms with Gasteiger partial charge in [-0.1, -0.05) is 13.3 Å². The number of hydrogen-bond donors (Lipinski definition) is 2. The Morgan fingerprint density at radius 3 is 2.94 bits per heavy atom. The highest BCUT2D eigenvalue weighted by Gasteiger charge is 2.41. The minimum atomic E-state index is 0.702. The van der Waals surface area contributed by atoms with Crippen molar-refractivity contribution in [2.45, 2.75) is 51.5 Å². The van der Waals surface area contributed by atoms with Crippen LogP contribution in [-0.4, -0.2) is 25.7 Å². The molecule has 3 unspecified atom stereocenters. The Kier molecular flexibility index (Phi) is 2.97. The van der Waals surface area contributed by atoms with Gasteiger partial charge in [-0.2, -0.15) is 0 Å². The molecule has 2 aliphatic carbocycles. The third-order valence-electron chi connectivity index (χ3n) is 5.45. The molecule has 16 heavy (non-hydrogen) atoms. The summed E-state index contributed by atoms with van der Waals surface area (Å²) in [5, 5.41) is 7.45. The zero-order chi connectivity index (χ0) is 11.0. The second-order valence-corrected chi connectivity index (χ2v) is 6.35. The van der Waals surface area contributed by atoms with Crippen molar-refractivity contribution in [3.63, 3.8) is 0 Å². The Morgan fingerprint density at radius 1 is 1.31 bits per heavy atom. The summed E-state index contributed by atoms with van der Waals surface area (Å²) in [6.45, 7) is 6.10. The van der Waals surface area contributed by atoms with Crippen LogP contribution >= 0.6 is 0 Å². The van der Waals surface area contributed by atoms with Gasteiger partial charge in [0, 0.05) is 19.1 Å². The zero-order valence-electron chi connectivity index (χ0n) is 10.6. The average Bonchev–Trinajstić information content (AvgIpc) is 2.75. The number of fused-ring (bicyclic) bond motifs is 1. The lowest BCUT2D eigenvalue weighted by atomic mass is 9.94. The second-order valence-electron chi connectivity index (χ2n) is 6.35. The minimum Gasteiger partial charge on any atom is -0.315 e. The first-order valence-electron chi connectivity index (χ1n) is 7.27. The van der Waals surface area contributed by atoms with Crippen LogP contribution < -0.4 is 10.6 Å². The maximum atomic E-state index is 3.73. The largest absolute Gasteiger partial charge is 0.315 e. The molecule has 3 atom stereocenters. The van der Waals surface area contributed by atoms with Gasteiger partial charge >= 0.3 is 0 Å². The maximum Gasteiger partial charge on any atom is 0.0223 e. The molecule has 3 fully saturated rings. The van der Waals surface area contributed by atoms with Gasteiger partial charge in [0.25, 0.3) is 0 Å². The molecular weight excluding hydrogens is 196 g/mol. The van der Waals surface area contributed by atoms with Crippen LogP contribution in [0.25, 0.3) is 0 Å². The van der Waals surface area contributed by atoms with E-state index in [-0.39, 0.29) is 0 Å². The first-order chi connectivity index (χ1) is 7.83. The van der Waals surface area contributed by atoms with E-state index in [0.717, 1.165) is 17.9 Å². The summed E-state index contributed by atoms with van der Waals surface area (Å²) >= 11 is 0. The van der Waals surface area contributed by atoms with Gasteiger partial charge in [0.15, 0.2) is 0 Å². The minimum absolute atomic E-state index is 0.702. The van der Waals surface area contributed by atoms with Crippen LogP contribution in [0.15, 0.2) is 0 Å². The Hall–Kier alpha value is -0.0800. The molecule has 0 aromatic heterocycles. The summed E-state index contributed by atoms with van der Waals surface area (Å²) < 4.78 is 0. The molecule has 2 nitrogen and oxygen atoms in total. The van der Waals surface area contributed by atoms with Crippen molar-refractivity contribution in [3.05, 3.63) is 0 Å². The van der Waals surface area contributed by atoms with Crippen LogP contribution in [0, 0.1) is 17.3 Å². The molecule has 3 rings (SSSR count). The van der Waals surface area contributed by atoms with E-state index in [1.54, 1.807) is 0 Å². The van der Waals surface area contributed by atoms with Crippen LogP contribution in [0.5, 0.6) is 0 Å². The van der Waals surface area contributed by atoms with Gasteiger partial charge in [-0.25, -0.2) is 0 Å². The molecule has 1 aliphatic heterocycles. The smallest absolute Gasteiger partial charge is 0.0223 e. The number of rotatable bonds is 5. The molecular formula is C14H26N2. The van der Waals surface area contributed by atoms with Gasteiger partial charge in [0.2, 0.25) is 0 Å². The van der Waals surface area contributed by atoms with E-state index in [1.807, 2.05) is 0 Å². The standard InChI is InChI=1S/C14H26N2/c1-2-14(6-7-14)10-15-9-13-12-5-3-4-11(12)8-16-13/h11-13,15-16H,2-10H2,1H3. The van der Waals surface area contributed by atoms with Gasteiger partial charge in [0.05, 0.1) is 0 Å². The molecule has 0 radical (unpaired) electrons. The number of hydrogen-bond acceptors (Lipinski definition) is 2. The molecule has 2 saturated carbocycles. The summed E-state index contributed by atoms with van der Waals surface area (Å²) in [5.74, 6) is 2.00. The van der Waals surface area contributed by atoms with Crippen molar-refractivity contribution in [3.8, 4) is 0 Å². The van der Waals surface area contributed by atoms with Crippen molar-refractivity contribution in [1.82, 2.24) is 10.6 Å². The Labute approximate surface area is 99.6 Å². The lowest BCUT2D eigenvalue weighted by Crippen LogP contribution is -2.39. The molecule has 2 heteroatoms. The highest BCUT2D eigenvalue weighted by molar-refractivity contribution is 4.97. The molecule has 92 valence electrons. The van der Waals surface area contributed by atoms with Crippen molar-refractivity contribution in [2.24, 2.45) is 17.3 Å². The highest BCUT2D eigenvalue weighted by atomic mass is 15.0. The fourth-order valence-corrected chi connectivity index (χ4v) is 3.85. The average molecular weight is 222 g/mol. The highest BCUT2D eigenvalue weighted by Crippen LogP contribution is 2.47. The van der Waals surface area contributed by atoms with Crippen molar-refractivity contribution < 1.29 is 0 Å². The lowest BCUT2D eigenvalue weighted by molar-refractivity contribution is 0.368. The van der Waals surface area contributed by atoms with Crippen molar-refractivity contribution >= 4 is 0 Å². The Bertz CT molecular complexity index is 247. The van der Waals surface area contributed by atoms with Gasteiger partial charge in [0.1, 0.15) is 0 Å². The van der Waals surface area contributed by atoms with E-state index in [2.05, 4.69) is 17.6 Å². The molecule has 0 bridgehead atoms. The molecule has 0 spiro atoms. The van der Waals surface area contributed by atoms with Crippen LogP contribution in [-0.2, 0) is 0 Å². The number of nitrogens with one attached hydrogen (secondary N) is 2. The monoisotopic (exact) mass is 222 g/mol. The van der Waals surface area contributed by atoms with E-state index in [4.69, 9.17) is 0 Å². The Balaban J connectivity index is 1.42. The summed E-state index contributed by atoms with van der Waals surface area (Å²) in [6, 6.07) is 0.778. The lowest BCUT2D eigenvalue weighted by Gasteiger charge is -2.21. The van der Waals surface area contributed by atoms with Gasteiger partial charge < -0.3 is 10.6 Å². The fourth-order valence-electron chi connectivity index (χ4n) is 3.85. The summed E-state index contributed by atoms with van der Waals surface area (Å²) in [7, 11) is 0. The Morgan fingerprint density at radius 2 is 2.19 bits per heavy atom. The van der Waals surface area contributed by atoms with Crippen molar-refractivity contribution in [2.75, 3.05) is 19.6 Å². The molecule has 0 amide bonds.